The van der Waals surface area contributed by atoms with Crippen molar-refractivity contribution in [3.05, 3.63) is 29.8 Å². The molecule has 21 heavy (non-hydrogen) atoms. The number of hydrogen-bond acceptors (Lipinski definition) is 4. The summed E-state index contributed by atoms with van der Waals surface area (Å²) in [6.45, 7) is 0.993. The number of halogens is 2. The molecule has 5 nitrogen and oxygen atoms in total. The van der Waals surface area contributed by atoms with Crippen LogP contribution in [-0.4, -0.2) is 52.3 Å². The van der Waals surface area contributed by atoms with E-state index in [-0.39, 0.29) is 11.5 Å². The topological polar surface area (TPSA) is 63.7 Å². The summed E-state index contributed by atoms with van der Waals surface area (Å²) in [5.41, 5.74) is 0.239. The van der Waals surface area contributed by atoms with Gasteiger partial charge < -0.3 is 9.64 Å². The molecule has 118 valence electrons. The zero-order valence-electron chi connectivity index (χ0n) is 11.8. The van der Waals surface area contributed by atoms with Crippen molar-refractivity contribution < 1.29 is 26.7 Å². The predicted molar refractivity (Wildman–Crippen MR) is 73.1 cm³/mol. The molecule has 0 aliphatic heterocycles. The van der Waals surface area contributed by atoms with Gasteiger partial charge >= 0.3 is 5.76 Å². The Morgan fingerprint density at radius 3 is 2.33 bits per heavy atom. The van der Waals surface area contributed by atoms with Crippen LogP contribution in [0.1, 0.15) is 16.8 Å². The number of alkyl halides is 2. The summed E-state index contributed by atoms with van der Waals surface area (Å²) in [7, 11) is -1.47. The minimum absolute atomic E-state index is 0.239. The normalized spacial score (nSPS) is 11.7. The third-order valence-corrected chi connectivity index (χ3v) is 4.25. The van der Waals surface area contributed by atoms with Gasteiger partial charge in [-0.05, 0) is 30.7 Å². The molecule has 1 rings (SSSR count). The van der Waals surface area contributed by atoms with Crippen LogP contribution in [-0.2, 0) is 14.6 Å². The maximum Gasteiger partial charge on any atom is 0.341 e. The number of carbonyl (C=O) groups excluding carboxylic acids is 1. The monoisotopic (exact) mass is 321 g/mol. The maximum absolute atomic E-state index is 12.4. The molecule has 0 aromatic heterocycles. The average Bonchev–Trinajstić information content (AvgIpc) is 2.46. The standard InChI is InChI=1S/C13H17F2NO4S/c1-16(8-3-9-20-2)12(17)10-4-6-11(7-5-10)21(18,19)13(14)15/h4-7,13H,3,8-9H2,1-2H3. The number of amides is 1. The van der Waals surface area contributed by atoms with Crippen molar-refractivity contribution in [2.45, 2.75) is 17.1 Å². The molecule has 0 saturated heterocycles. The molecule has 0 heterocycles. The first kappa shape index (κ1) is 17.5. The third-order valence-electron chi connectivity index (χ3n) is 2.85. The van der Waals surface area contributed by atoms with Crippen LogP contribution in [0.2, 0.25) is 0 Å². The van der Waals surface area contributed by atoms with Crippen LogP contribution < -0.4 is 0 Å². The van der Waals surface area contributed by atoms with E-state index >= 15 is 0 Å². The second kappa shape index (κ2) is 7.46. The third kappa shape index (κ3) is 4.47. The maximum atomic E-state index is 12.4. The highest BCUT2D eigenvalue weighted by atomic mass is 32.2. The van der Waals surface area contributed by atoms with Crippen LogP contribution in [0.3, 0.4) is 0 Å². The Morgan fingerprint density at radius 2 is 1.86 bits per heavy atom. The van der Waals surface area contributed by atoms with Gasteiger partial charge in [0.05, 0.1) is 4.90 Å². The molecule has 1 aromatic carbocycles. The van der Waals surface area contributed by atoms with Crippen LogP contribution in [0, 0.1) is 0 Å². The van der Waals surface area contributed by atoms with Crippen molar-refractivity contribution in [1.82, 2.24) is 4.90 Å². The molecular weight excluding hydrogens is 304 g/mol. The molecule has 0 radical (unpaired) electrons. The number of hydrogen-bond donors (Lipinski definition) is 0. The lowest BCUT2D eigenvalue weighted by Crippen LogP contribution is -2.28. The van der Waals surface area contributed by atoms with Crippen molar-refractivity contribution in [2.75, 3.05) is 27.3 Å². The fraction of sp³-hybridized carbons (Fsp3) is 0.462. The molecule has 0 unspecified atom stereocenters. The van der Waals surface area contributed by atoms with Gasteiger partial charge in [-0.15, -0.1) is 0 Å². The summed E-state index contributed by atoms with van der Waals surface area (Å²) in [6.07, 6.45) is 0.663. The summed E-state index contributed by atoms with van der Waals surface area (Å²) in [4.78, 5) is 13.0. The highest BCUT2D eigenvalue weighted by molar-refractivity contribution is 7.91. The number of carbonyl (C=O) groups is 1. The van der Waals surface area contributed by atoms with Gasteiger partial charge in [0.25, 0.3) is 5.91 Å². The van der Waals surface area contributed by atoms with Gasteiger partial charge in [0.2, 0.25) is 9.84 Å². The first-order valence-electron chi connectivity index (χ1n) is 6.17. The van der Waals surface area contributed by atoms with Crippen molar-refractivity contribution in [2.24, 2.45) is 0 Å². The lowest BCUT2D eigenvalue weighted by molar-refractivity contribution is 0.0779. The van der Waals surface area contributed by atoms with Crippen molar-refractivity contribution in [3.63, 3.8) is 0 Å². The van der Waals surface area contributed by atoms with Gasteiger partial charge in [0.1, 0.15) is 0 Å². The first-order valence-corrected chi connectivity index (χ1v) is 7.72. The van der Waals surface area contributed by atoms with E-state index in [1.807, 2.05) is 0 Å². The summed E-state index contributed by atoms with van der Waals surface area (Å²) in [5.74, 6) is -3.79. The molecule has 0 fully saturated rings. The molecule has 0 bridgehead atoms. The zero-order chi connectivity index (χ0) is 16.0. The van der Waals surface area contributed by atoms with E-state index in [0.29, 0.717) is 19.6 Å². The molecule has 1 aromatic rings. The minimum atomic E-state index is -4.63. The van der Waals surface area contributed by atoms with Crippen LogP contribution in [0.4, 0.5) is 8.78 Å². The van der Waals surface area contributed by atoms with Gasteiger partial charge in [0.15, 0.2) is 0 Å². The summed E-state index contributed by atoms with van der Waals surface area (Å²) < 4.78 is 52.2. The summed E-state index contributed by atoms with van der Waals surface area (Å²) in [6, 6.07) is 4.48. The fourth-order valence-corrected chi connectivity index (χ4v) is 2.38. The van der Waals surface area contributed by atoms with Crippen LogP contribution in [0.25, 0.3) is 0 Å². The van der Waals surface area contributed by atoms with Crippen molar-refractivity contribution in [1.29, 1.82) is 0 Å². The average molecular weight is 321 g/mol. The second-order valence-electron chi connectivity index (χ2n) is 4.40. The Bertz CT molecular complexity index is 572. The van der Waals surface area contributed by atoms with Crippen LogP contribution >= 0.6 is 0 Å². The van der Waals surface area contributed by atoms with Crippen molar-refractivity contribution in [3.8, 4) is 0 Å². The van der Waals surface area contributed by atoms with E-state index in [1.165, 1.54) is 17.0 Å². The Morgan fingerprint density at radius 1 is 1.29 bits per heavy atom. The number of rotatable bonds is 7. The van der Waals surface area contributed by atoms with E-state index < -0.39 is 20.5 Å². The molecule has 0 saturated carbocycles. The van der Waals surface area contributed by atoms with Gasteiger partial charge in [-0.1, -0.05) is 0 Å². The van der Waals surface area contributed by atoms with Crippen molar-refractivity contribution >= 4 is 15.7 Å². The lowest BCUT2D eigenvalue weighted by atomic mass is 10.2. The SMILES string of the molecule is COCCCN(C)C(=O)c1ccc(S(=O)(=O)C(F)F)cc1. The summed E-state index contributed by atoms with van der Waals surface area (Å²) in [5, 5.41) is 0. The van der Waals surface area contributed by atoms with E-state index in [4.69, 9.17) is 4.74 Å². The Labute approximate surface area is 122 Å². The van der Waals surface area contributed by atoms with E-state index in [0.717, 1.165) is 12.1 Å². The van der Waals surface area contributed by atoms with E-state index in [2.05, 4.69) is 0 Å². The molecule has 0 atom stereocenters. The Hall–Kier alpha value is -1.54. The number of ether oxygens (including phenoxy) is 1. The van der Waals surface area contributed by atoms with E-state index in [1.54, 1.807) is 14.2 Å². The zero-order valence-corrected chi connectivity index (χ0v) is 12.6. The Kier molecular flexibility index (Phi) is 6.22. The molecule has 8 heteroatoms. The van der Waals surface area contributed by atoms with Gasteiger partial charge in [-0.3, -0.25) is 4.79 Å². The van der Waals surface area contributed by atoms with Crippen LogP contribution in [0.15, 0.2) is 29.2 Å². The number of sulfone groups is 1. The number of methoxy groups -OCH3 is 1. The predicted octanol–water partition coefficient (Wildman–Crippen LogP) is 1.79. The number of benzene rings is 1. The second-order valence-corrected chi connectivity index (χ2v) is 6.32. The molecule has 0 N–H and O–H groups in total. The largest absolute Gasteiger partial charge is 0.385 e. The first-order chi connectivity index (χ1) is 9.80. The minimum Gasteiger partial charge on any atom is -0.385 e. The highest BCUT2D eigenvalue weighted by Crippen LogP contribution is 2.19. The molecule has 0 spiro atoms. The Balaban J connectivity index is 2.81. The van der Waals surface area contributed by atoms with Crippen LogP contribution in [0.5, 0.6) is 0 Å². The molecular formula is C13H17F2NO4S. The highest BCUT2D eigenvalue weighted by Gasteiger charge is 2.26. The lowest BCUT2D eigenvalue weighted by Gasteiger charge is -2.17. The molecule has 1 amide bonds. The van der Waals surface area contributed by atoms with Gasteiger partial charge in [-0.2, -0.15) is 8.78 Å². The number of nitrogens with zero attached hydrogens (tertiary/aromatic N) is 1. The van der Waals surface area contributed by atoms with Gasteiger partial charge in [0, 0.05) is 32.9 Å². The smallest absolute Gasteiger partial charge is 0.341 e. The molecule has 0 aliphatic carbocycles. The quantitative estimate of drug-likeness (QED) is 0.718. The summed E-state index contributed by atoms with van der Waals surface area (Å²) >= 11 is 0. The molecule has 0 aliphatic rings. The van der Waals surface area contributed by atoms with Gasteiger partial charge in [-0.25, -0.2) is 8.42 Å². The van der Waals surface area contributed by atoms with E-state index in [9.17, 15) is 22.0 Å². The fourth-order valence-electron chi connectivity index (χ4n) is 1.66.